The van der Waals surface area contributed by atoms with Gasteiger partial charge in [0.1, 0.15) is 5.82 Å². The van der Waals surface area contributed by atoms with Crippen molar-refractivity contribution in [3.63, 3.8) is 0 Å². The molecule has 0 saturated heterocycles. The predicted octanol–water partition coefficient (Wildman–Crippen LogP) is 5.10. The van der Waals surface area contributed by atoms with E-state index in [1.165, 1.54) is 0 Å². The van der Waals surface area contributed by atoms with Crippen LogP contribution in [0.5, 0.6) is 0 Å². The van der Waals surface area contributed by atoms with Crippen molar-refractivity contribution < 1.29 is 0 Å². The summed E-state index contributed by atoms with van der Waals surface area (Å²) in [5, 5.41) is 0.838. The molecule has 4 nitrogen and oxygen atoms in total. The summed E-state index contributed by atoms with van der Waals surface area (Å²) in [7, 11) is 0. The highest BCUT2D eigenvalue weighted by Gasteiger charge is 2.13. The second-order valence-corrected chi connectivity index (χ2v) is 7.88. The Morgan fingerprint density at radius 1 is 0.654 bits per heavy atom. The molecule has 0 aliphatic carbocycles. The fourth-order valence-corrected chi connectivity index (χ4v) is 4.66. The Morgan fingerprint density at radius 3 is 1.92 bits per heavy atom. The molecule has 0 spiro atoms. The molecular weight excluding hydrogens is 360 g/mol. The Hall–Kier alpha value is -2.70. The third-order valence-electron chi connectivity index (χ3n) is 3.73. The fraction of sp³-hybridized carbons (Fsp3) is 0. The predicted molar refractivity (Wildman–Crippen MR) is 109 cm³/mol. The summed E-state index contributed by atoms with van der Waals surface area (Å²) < 4.78 is 0. The number of anilines is 2. The summed E-state index contributed by atoms with van der Waals surface area (Å²) in [5.74, 6) is 0.592. The van der Waals surface area contributed by atoms with Crippen LogP contribution in [0.2, 0.25) is 0 Å². The quantitative estimate of drug-likeness (QED) is 0.516. The SMILES string of the molecule is Nc1nc(N)c2c(Sc3ccccc3)cc(Sc3ccccc3)cc2n1. The van der Waals surface area contributed by atoms with Crippen molar-refractivity contribution in [1.82, 2.24) is 9.97 Å². The van der Waals surface area contributed by atoms with Gasteiger partial charge in [-0.25, -0.2) is 4.98 Å². The van der Waals surface area contributed by atoms with E-state index in [9.17, 15) is 0 Å². The molecule has 0 fully saturated rings. The first-order chi connectivity index (χ1) is 12.7. The molecule has 0 unspecified atom stereocenters. The van der Waals surface area contributed by atoms with E-state index >= 15 is 0 Å². The Balaban J connectivity index is 1.84. The summed E-state index contributed by atoms with van der Waals surface area (Å²) in [6.07, 6.45) is 0. The molecule has 3 aromatic carbocycles. The number of aromatic nitrogens is 2. The van der Waals surface area contributed by atoms with Crippen LogP contribution in [0.3, 0.4) is 0 Å². The van der Waals surface area contributed by atoms with Gasteiger partial charge >= 0.3 is 0 Å². The van der Waals surface area contributed by atoms with Crippen LogP contribution >= 0.6 is 23.5 Å². The molecule has 128 valence electrons. The van der Waals surface area contributed by atoms with E-state index in [4.69, 9.17) is 11.5 Å². The highest BCUT2D eigenvalue weighted by Crippen LogP contribution is 2.40. The average Bonchev–Trinajstić information content (AvgIpc) is 2.62. The van der Waals surface area contributed by atoms with Crippen molar-refractivity contribution in [3.05, 3.63) is 72.8 Å². The highest BCUT2D eigenvalue weighted by molar-refractivity contribution is 8.00. The lowest BCUT2D eigenvalue weighted by molar-refractivity contribution is 1.22. The van der Waals surface area contributed by atoms with Crippen LogP contribution in [0.4, 0.5) is 11.8 Å². The van der Waals surface area contributed by atoms with Gasteiger partial charge in [0.05, 0.1) is 10.9 Å². The average molecular weight is 377 g/mol. The molecule has 0 aliphatic rings. The van der Waals surface area contributed by atoms with Gasteiger partial charge < -0.3 is 11.5 Å². The maximum atomic E-state index is 6.16. The number of nitrogens with two attached hydrogens (primary N) is 2. The molecule has 6 heteroatoms. The zero-order chi connectivity index (χ0) is 17.9. The van der Waals surface area contributed by atoms with Gasteiger partial charge in [-0.15, -0.1) is 0 Å². The minimum absolute atomic E-state index is 0.188. The van der Waals surface area contributed by atoms with E-state index < -0.39 is 0 Å². The maximum absolute atomic E-state index is 6.16. The molecule has 26 heavy (non-hydrogen) atoms. The lowest BCUT2D eigenvalue weighted by Gasteiger charge is -2.11. The van der Waals surface area contributed by atoms with Crippen LogP contribution in [0.25, 0.3) is 10.9 Å². The molecule has 4 rings (SSSR count). The van der Waals surface area contributed by atoms with E-state index in [1.807, 2.05) is 42.5 Å². The van der Waals surface area contributed by atoms with Crippen LogP contribution in [-0.2, 0) is 0 Å². The molecule has 0 atom stereocenters. The van der Waals surface area contributed by atoms with Crippen LogP contribution < -0.4 is 11.5 Å². The molecule has 0 aliphatic heterocycles. The van der Waals surface area contributed by atoms with Crippen molar-refractivity contribution >= 4 is 46.2 Å². The number of nitrogens with zero attached hydrogens (tertiary/aromatic N) is 2. The van der Waals surface area contributed by atoms with E-state index in [0.29, 0.717) is 5.82 Å². The first kappa shape index (κ1) is 16.8. The Kier molecular flexibility index (Phi) is 4.69. The van der Waals surface area contributed by atoms with Gasteiger partial charge in [-0.05, 0) is 36.4 Å². The number of rotatable bonds is 4. The van der Waals surface area contributed by atoms with Crippen LogP contribution in [0.1, 0.15) is 0 Å². The molecular formula is C20H16N4S2. The van der Waals surface area contributed by atoms with Crippen LogP contribution in [0.15, 0.2) is 92.4 Å². The number of fused-ring (bicyclic) bond motifs is 1. The van der Waals surface area contributed by atoms with E-state index in [-0.39, 0.29) is 5.95 Å². The summed E-state index contributed by atoms with van der Waals surface area (Å²) >= 11 is 3.33. The number of hydrogen-bond acceptors (Lipinski definition) is 6. The summed E-state index contributed by atoms with van der Waals surface area (Å²) in [5.41, 5.74) is 12.7. The molecule has 1 heterocycles. The van der Waals surface area contributed by atoms with Gasteiger partial charge in [0, 0.05) is 19.6 Å². The van der Waals surface area contributed by atoms with E-state index in [1.54, 1.807) is 23.5 Å². The minimum atomic E-state index is 0.188. The Morgan fingerprint density at radius 2 is 1.27 bits per heavy atom. The molecule has 0 radical (unpaired) electrons. The number of hydrogen-bond donors (Lipinski definition) is 2. The zero-order valence-corrected chi connectivity index (χ0v) is 15.4. The van der Waals surface area contributed by atoms with Crippen LogP contribution in [0, 0.1) is 0 Å². The van der Waals surface area contributed by atoms with Gasteiger partial charge in [0.25, 0.3) is 0 Å². The lowest BCUT2D eigenvalue weighted by Crippen LogP contribution is -2.01. The summed E-state index contributed by atoms with van der Waals surface area (Å²) in [6, 6.07) is 24.6. The van der Waals surface area contributed by atoms with Crippen molar-refractivity contribution in [1.29, 1.82) is 0 Å². The van der Waals surface area contributed by atoms with Crippen molar-refractivity contribution in [3.8, 4) is 0 Å². The molecule has 0 bridgehead atoms. The lowest BCUT2D eigenvalue weighted by atomic mass is 10.2. The second-order valence-electron chi connectivity index (χ2n) is 5.61. The molecule has 0 saturated carbocycles. The summed E-state index contributed by atoms with van der Waals surface area (Å²) in [4.78, 5) is 12.9. The molecule has 1 aromatic heterocycles. The minimum Gasteiger partial charge on any atom is -0.383 e. The molecule has 4 aromatic rings. The van der Waals surface area contributed by atoms with E-state index in [2.05, 4.69) is 40.3 Å². The van der Waals surface area contributed by atoms with Crippen molar-refractivity contribution in [2.45, 2.75) is 19.6 Å². The second kappa shape index (κ2) is 7.27. The van der Waals surface area contributed by atoms with Gasteiger partial charge in [0.15, 0.2) is 0 Å². The summed E-state index contributed by atoms with van der Waals surface area (Å²) in [6.45, 7) is 0. The first-order valence-electron chi connectivity index (χ1n) is 8.01. The topological polar surface area (TPSA) is 77.8 Å². The Bertz CT molecular complexity index is 1050. The smallest absolute Gasteiger partial charge is 0.222 e. The van der Waals surface area contributed by atoms with Gasteiger partial charge in [0.2, 0.25) is 5.95 Å². The fourth-order valence-electron chi connectivity index (χ4n) is 2.63. The number of benzene rings is 3. The standard InChI is InChI=1S/C20H16N4S2/c21-19-18-16(23-20(22)24-19)11-15(25-13-7-3-1-4-8-13)12-17(18)26-14-9-5-2-6-10-14/h1-12H,(H4,21,22,23,24). The van der Waals surface area contributed by atoms with Gasteiger partial charge in [-0.1, -0.05) is 59.9 Å². The largest absolute Gasteiger partial charge is 0.383 e. The zero-order valence-electron chi connectivity index (χ0n) is 13.8. The van der Waals surface area contributed by atoms with Crippen LogP contribution in [-0.4, -0.2) is 9.97 Å². The first-order valence-corrected chi connectivity index (χ1v) is 9.65. The normalized spacial score (nSPS) is 10.9. The van der Waals surface area contributed by atoms with Crippen molar-refractivity contribution in [2.24, 2.45) is 0 Å². The van der Waals surface area contributed by atoms with Crippen molar-refractivity contribution in [2.75, 3.05) is 11.5 Å². The number of nitrogen functional groups attached to an aromatic ring is 2. The third-order valence-corrected chi connectivity index (χ3v) is 5.76. The maximum Gasteiger partial charge on any atom is 0.222 e. The van der Waals surface area contributed by atoms with Gasteiger partial charge in [-0.3, -0.25) is 0 Å². The monoisotopic (exact) mass is 376 g/mol. The molecule has 0 amide bonds. The third kappa shape index (κ3) is 3.61. The highest BCUT2D eigenvalue weighted by atomic mass is 32.2. The molecule has 4 N–H and O–H groups in total. The van der Waals surface area contributed by atoms with E-state index in [0.717, 1.165) is 30.5 Å². The Labute approximate surface area is 160 Å². The van der Waals surface area contributed by atoms with Gasteiger partial charge in [-0.2, -0.15) is 4.98 Å².